The molecule has 129 valence electrons. The molecule has 2 aromatic rings. The van der Waals surface area contributed by atoms with E-state index in [2.05, 4.69) is 0 Å². The fraction of sp³-hybridized carbons (Fsp3) is 0.222. The molecule has 7 heteroatoms. The largest absolute Gasteiger partial charge is 0.658 e. The van der Waals surface area contributed by atoms with Gasteiger partial charge < -0.3 is 18.8 Å². The lowest BCUT2D eigenvalue weighted by molar-refractivity contribution is 0.0591. The maximum atomic E-state index is 11.6. The molecule has 0 saturated heterocycles. The van der Waals surface area contributed by atoms with E-state index in [0.29, 0.717) is 22.6 Å². The fourth-order valence-corrected chi connectivity index (χ4v) is 2.24. The van der Waals surface area contributed by atoms with Crippen molar-refractivity contribution < 1.29 is 28.4 Å². The number of esters is 2. The van der Waals surface area contributed by atoms with Crippen molar-refractivity contribution in [1.82, 2.24) is 0 Å². The predicted molar refractivity (Wildman–Crippen MR) is 92.0 cm³/mol. The maximum absolute atomic E-state index is 11.6. The molecule has 0 amide bonds. The van der Waals surface area contributed by atoms with Crippen LogP contribution in [0.3, 0.4) is 0 Å². The third-order valence-corrected chi connectivity index (χ3v) is 3.31. The van der Waals surface area contributed by atoms with E-state index in [1.165, 1.54) is 14.2 Å². The summed E-state index contributed by atoms with van der Waals surface area (Å²) in [5.74, 6) is -0.0331. The lowest BCUT2D eigenvalue weighted by atomic mass is 10.1. The number of hydrogen-bond donors (Lipinski definition) is 0. The number of aryl methyl sites for hydroxylation is 2. The Morgan fingerprint density at radius 2 is 1.12 bits per heavy atom. The summed E-state index contributed by atoms with van der Waals surface area (Å²) < 4.78 is 20.2. The van der Waals surface area contributed by atoms with Gasteiger partial charge in [-0.3, -0.25) is 0 Å². The van der Waals surface area contributed by atoms with E-state index >= 15 is 0 Å². The molecule has 0 saturated carbocycles. The van der Waals surface area contributed by atoms with E-state index in [9.17, 15) is 9.59 Å². The highest BCUT2D eigenvalue weighted by Crippen LogP contribution is 2.20. The van der Waals surface area contributed by atoms with E-state index < -0.39 is 11.9 Å². The van der Waals surface area contributed by atoms with Gasteiger partial charge >= 0.3 is 19.6 Å². The number of rotatable bonds is 6. The smallest absolute Gasteiger partial charge is 0.526 e. The van der Waals surface area contributed by atoms with E-state index in [-0.39, 0.29) is 0 Å². The summed E-state index contributed by atoms with van der Waals surface area (Å²) in [6.45, 7) is 3.67. The van der Waals surface area contributed by atoms with Gasteiger partial charge in [-0.1, -0.05) is 0 Å². The quantitative estimate of drug-likeness (QED) is 0.594. The molecule has 1 radical (unpaired) electrons. The van der Waals surface area contributed by atoms with Gasteiger partial charge in [0.25, 0.3) is 0 Å². The van der Waals surface area contributed by atoms with Gasteiger partial charge in [-0.25, -0.2) is 9.59 Å². The van der Waals surface area contributed by atoms with Gasteiger partial charge in [0.15, 0.2) is 0 Å². The van der Waals surface area contributed by atoms with Gasteiger partial charge in [-0.05, 0) is 61.4 Å². The lowest BCUT2D eigenvalue weighted by Gasteiger charge is -2.10. The molecule has 0 bridgehead atoms. The molecule has 0 N–H and O–H groups in total. The van der Waals surface area contributed by atoms with Crippen molar-refractivity contribution in [3.05, 3.63) is 58.7 Å². The topological polar surface area (TPSA) is 71.1 Å². The number of carbonyl (C=O) groups is 2. The van der Waals surface area contributed by atoms with Crippen LogP contribution in [0.4, 0.5) is 0 Å². The average Bonchev–Trinajstić information content (AvgIpc) is 2.59. The fourth-order valence-electron chi connectivity index (χ4n) is 2.24. The normalized spacial score (nSPS) is 9.92. The highest BCUT2D eigenvalue weighted by molar-refractivity contribution is 6.20. The van der Waals surface area contributed by atoms with E-state index in [0.717, 1.165) is 18.8 Å². The summed E-state index contributed by atoms with van der Waals surface area (Å²) in [6, 6.07) is 10.00. The van der Waals surface area contributed by atoms with E-state index in [1.807, 2.05) is 13.8 Å². The SMILES string of the molecule is COC(=O)c1cc(C)cc(O[B]Oc2cc(C)cc(C(=O)OC)c2)c1. The molecular formula is C18H18BO6. The van der Waals surface area contributed by atoms with Gasteiger partial charge in [-0.15, -0.1) is 0 Å². The van der Waals surface area contributed by atoms with Crippen molar-refractivity contribution in [2.24, 2.45) is 0 Å². The number of hydrogen-bond acceptors (Lipinski definition) is 6. The van der Waals surface area contributed by atoms with Crippen molar-refractivity contribution in [1.29, 1.82) is 0 Å². The summed E-state index contributed by atoms with van der Waals surface area (Å²) >= 11 is 0. The van der Waals surface area contributed by atoms with Crippen molar-refractivity contribution in [2.45, 2.75) is 13.8 Å². The molecule has 0 spiro atoms. The molecule has 2 aromatic carbocycles. The van der Waals surface area contributed by atoms with E-state index in [1.54, 1.807) is 36.4 Å². The predicted octanol–water partition coefficient (Wildman–Crippen LogP) is 2.87. The molecule has 0 fully saturated rings. The molecule has 0 aliphatic heterocycles. The molecule has 25 heavy (non-hydrogen) atoms. The summed E-state index contributed by atoms with van der Waals surface area (Å²) in [7, 11) is 3.76. The molecule has 0 aromatic heterocycles. The van der Waals surface area contributed by atoms with Crippen LogP contribution in [-0.4, -0.2) is 33.8 Å². The van der Waals surface area contributed by atoms with Crippen LogP contribution in [0.1, 0.15) is 31.8 Å². The standard InChI is InChI=1S/C18H18BO6/c1-11-5-13(17(20)22-3)9-15(7-11)24-19-25-16-8-12(2)6-14(10-16)18(21)23-4/h5-10H,1-4H3. The average molecular weight is 341 g/mol. The van der Waals surface area contributed by atoms with Gasteiger partial charge in [-0.2, -0.15) is 0 Å². The van der Waals surface area contributed by atoms with Gasteiger partial charge in [0.2, 0.25) is 0 Å². The summed E-state index contributed by atoms with van der Waals surface area (Å²) in [4.78, 5) is 23.2. The zero-order valence-corrected chi connectivity index (χ0v) is 14.5. The minimum Gasteiger partial charge on any atom is -0.526 e. The van der Waals surface area contributed by atoms with Crippen LogP contribution in [-0.2, 0) is 9.47 Å². The Morgan fingerprint density at radius 1 is 0.720 bits per heavy atom. The molecule has 0 unspecified atom stereocenters. The minimum atomic E-state index is -0.448. The molecule has 6 nitrogen and oxygen atoms in total. The van der Waals surface area contributed by atoms with Crippen LogP contribution in [0.5, 0.6) is 11.5 Å². The lowest BCUT2D eigenvalue weighted by Crippen LogP contribution is -2.12. The second-order valence-electron chi connectivity index (χ2n) is 5.38. The number of carbonyl (C=O) groups excluding carboxylic acids is 2. The molecule has 0 aliphatic rings. The first kappa shape index (κ1) is 18.4. The summed E-state index contributed by atoms with van der Waals surface area (Å²) in [5, 5.41) is 0. The third-order valence-electron chi connectivity index (χ3n) is 3.31. The molecule has 0 atom stereocenters. The summed E-state index contributed by atoms with van der Waals surface area (Å²) in [5.41, 5.74) is 2.45. The van der Waals surface area contributed by atoms with Crippen molar-refractivity contribution >= 4 is 19.6 Å². The van der Waals surface area contributed by atoms with Crippen LogP contribution in [0.15, 0.2) is 36.4 Å². The zero-order chi connectivity index (χ0) is 18.4. The molecule has 2 rings (SSSR count). The second kappa shape index (κ2) is 8.23. The number of ether oxygens (including phenoxy) is 2. The zero-order valence-electron chi connectivity index (χ0n) is 14.5. The Kier molecular flexibility index (Phi) is 6.06. The Morgan fingerprint density at radius 3 is 1.48 bits per heavy atom. The second-order valence-corrected chi connectivity index (χ2v) is 5.38. The van der Waals surface area contributed by atoms with Crippen molar-refractivity contribution in [3.63, 3.8) is 0 Å². The first-order valence-corrected chi connectivity index (χ1v) is 7.48. The molecular weight excluding hydrogens is 323 g/mol. The van der Waals surface area contributed by atoms with Crippen LogP contribution >= 0.6 is 0 Å². The first-order chi connectivity index (χ1) is 11.9. The van der Waals surface area contributed by atoms with Crippen molar-refractivity contribution in [3.8, 4) is 11.5 Å². The van der Waals surface area contributed by atoms with Crippen LogP contribution in [0.25, 0.3) is 0 Å². The maximum Gasteiger partial charge on any atom is 0.658 e. The molecule has 0 aliphatic carbocycles. The molecule has 0 heterocycles. The first-order valence-electron chi connectivity index (χ1n) is 7.48. The minimum absolute atomic E-state index is 0.384. The van der Waals surface area contributed by atoms with Gasteiger partial charge in [0, 0.05) is 0 Å². The Hall–Kier alpha value is -2.96. The monoisotopic (exact) mass is 341 g/mol. The highest BCUT2D eigenvalue weighted by Gasteiger charge is 2.11. The van der Waals surface area contributed by atoms with Crippen LogP contribution in [0.2, 0.25) is 0 Å². The highest BCUT2D eigenvalue weighted by atomic mass is 16.6. The Labute approximate surface area is 147 Å². The van der Waals surface area contributed by atoms with Gasteiger partial charge in [0.05, 0.1) is 25.3 Å². The van der Waals surface area contributed by atoms with Crippen LogP contribution < -0.4 is 9.31 Å². The Balaban J connectivity index is 2.06. The summed E-state index contributed by atoms with van der Waals surface area (Å²) in [6.07, 6.45) is 0. The number of benzene rings is 2. The van der Waals surface area contributed by atoms with Crippen LogP contribution in [0, 0.1) is 13.8 Å². The van der Waals surface area contributed by atoms with Crippen molar-refractivity contribution in [2.75, 3.05) is 14.2 Å². The third kappa shape index (κ3) is 5.01. The van der Waals surface area contributed by atoms with Gasteiger partial charge in [0.1, 0.15) is 11.5 Å². The van der Waals surface area contributed by atoms with E-state index in [4.69, 9.17) is 18.8 Å². The Bertz CT molecular complexity index is 722. The number of methoxy groups -OCH3 is 2.